The second kappa shape index (κ2) is 3.53. The van der Waals surface area contributed by atoms with Crippen LogP contribution in [0.3, 0.4) is 0 Å². The Hall–Kier alpha value is -0.610. The van der Waals surface area contributed by atoms with Gasteiger partial charge in [-0.15, -0.1) is 0 Å². The Kier molecular flexibility index (Phi) is 2.65. The molecule has 0 aromatic rings. The summed E-state index contributed by atoms with van der Waals surface area (Å²) in [4.78, 5) is 10.8. The maximum absolute atomic E-state index is 10.8. The van der Waals surface area contributed by atoms with Crippen molar-refractivity contribution >= 4 is 5.97 Å². The average molecular weight is 144 g/mol. The Balaban J connectivity index is 2.20. The third kappa shape index (κ3) is 1.68. The third-order valence-electron chi connectivity index (χ3n) is 1.47. The van der Waals surface area contributed by atoms with Crippen molar-refractivity contribution in [3.63, 3.8) is 0 Å². The molecule has 1 aliphatic heterocycles. The SMILES string of the molecule is NCCNC1CCOC1=O. The van der Waals surface area contributed by atoms with Gasteiger partial charge in [-0.25, -0.2) is 0 Å². The van der Waals surface area contributed by atoms with Crippen LogP contribution in [0.25, 0.3) is 0 Å². The molecule has 1 fully saturated rings. The van der Waals surface area contributed by atoms with E-state index in [2.05, 4.69) is 5.32 Å². The maximum Gasteiger partial charge on any atom is 0.323 e. The first-order valence-corrected chi connectivity index (χ1v) is 3.44. The number of nitrogens with two attached hydrogens (primary N) is 1. The summed E-state index contributed by atoms with van der Waals surface area (Å²) in [6.45, 7) is 1.78. The molecule has 1 rings (SSSR count). The summed E-state index contributed by atoms with van der Waals surface area (Å²) in [5, 5.41) is 2.98. The predicted octanol–water partition coefficient (Wildman–Crippen LogP) is -1.15. The molecular formula is C6H12N2O2. The van der Waals surface area contributed by atoms with Crippen LogP contribution < -0.4 is 11.1 Å². The van der Waals surface area contributed by atoms with Crippen LogP contribution >= 0.6 is 0 Å². The smallest absolute Gasteiger partial charge is 0.323 e. The van der Waals surface area contributed by atoms with Gasteiger partial charge in [0.25, 0.3) is 0 Å². The Morgan fingerprint density at radius 3 is 3.10 bits per heavy atom. The fraction of sp³-hybridized carbons (Fsp3) is 0.833. The highest BCUT2D eigenvalue weighted by Gasteiger charge is 2.24. The normalized spacial score (nSPS) is 24.9. The fourth-order valence-electron chi connectivity index (χ4n) is 0.939. The van der Waals surface area contributed by atoms with Crippen molar-refractivity contribution in [2.75, 3.05) is 19.7 Å². The molecule has 0 spiro atoms. The molecule has 4 nitrogen and oxygen atoms in total. The molecule has 1 heterocycles. The number of hydrogen-bond donors (Lipinski definition) is 2. The first-order chi connectivity index (χ1) is 4.84. The Bertz CT molecular complexity index is 127. The van der Waals surface area contributed by atoms with E-state index in [1.165, 1.54) is 0 Å². The lowest BCUT2D eigenvalue weighted by Crippen LogP contribution is -2.36. The molecule has 0 bridgehead atoms. The number of hydrogen-bond acceptors (Lipinski definition) is 4. The zero-order valence-corrected chi connectivity index (χ0v) is 5.80. The number of nitrogens with one attached hydrogen (secondary N) is 1. The van der Waals surface area contributed by atoms with E-state index >= 15 is 0 Å². The van der Waals surface area contributed by atoms with Crippen LogP contribution in [0.15, 0.2) is 0 Å². The molecule has 1 atom stereocenters. The number of ether oxygens (including phenoxy) is 1. The van der Waals surface area contributed by atoms with E-state index in [1.807, 2.05) is 0 Å². The minimum Gasteiger partial charge on any atom is -0.464 e. The molecule has 0 aromatic heterocycles. The van der Waals surface area contributed by atoms with Crippen molar-refractivity contribution in [2.24, 2.45) is 5.73 Å². The van der Waals surface area contributed by atoms with E-state index in [0.717, 1.165) is 6.42 Å². The molecule has 0 amide bonds. The molecule has 4 heteroatoms. The molecule has 10 heavy (non-hydrogen) atoms. The van der Waals surface area contributed by atoms with Gasteiger partial charge in [-0.05, 0) is 0 Å². The van der Waals surface area contributed by atoms with Crippen molar-refractivity contribution in [2.45, 2.75) is 12.5 Å². The third-order valence-corrected chi connectivity index (χ3v) is 1.47. The summed E-state index contributed by atoms with van der Waals surface area (Å²) in [6.07, 6.45) is 0.777. The summed E-state index contributed by atoms with van der Waals surface area (Å²) < 4.78 is 4.72. The molecule has 1 aliphatic rings. The van der Waals surface area contributed by atoms with E-state index in [1.54, 1.807) is 0 Å². The molecule has 0 radical (unpaired) electrons. The lowest BCUT2D eigenvalue weighted by molar-refractivity contribution is -0.139. The van der Waals surface area contributed by atoms with Gasteiger partial charge in [0, 0.05) is 19.5 Å². The van der Waals surface area contributed by atoms with Crippen LogP contribution in [0.2, 0.25) is 0 Å². The maximum atomic E-state index is 10.8. The summed E-state index contributed by atoms with van der Waals surface area (Å²) in [6, 6.07) is -0.108. The van der Waals surface area contributed by atoms with Gasteiger partial charge >= 0.3 is 5.97 Å². The van der Waals surface area contributed by atoms with Crippen LogP contribution in [0.4, 0.5) is 0 Å². The molecule has 58 valence electrons. The average Bonchev–Trinajstić information content (AvgIpc) is 2.31. The lowest BCUT2D eigenvalue weighted by Gasteiger charge is -2.05. The van der Waals surface area contributed by atoms with Gasteiger partial charge in [-0.2, -0.15) is 0 Å². The van der Waals surface area contributed by atoms with Gasteiger partial charge in [0.1, 0.15) is 6.04 Å². The summed E-state index contributed by atoms with van der Waals surface area (Å²) in [5.74, 6) is -0.145. The summed E-state index contributed by atoms with van der Waals surface area (Å²) in [7, 11) is 0. The van der Waals surface area contributed by atoms with E-state index in [0.29, 0.717) is 19.7 Å². The summed E-state index contributed by atoms with van der Waals surface area (Å²) in [5.41, 5.74) is 5.24. The zero-order chi connectivity index (χ0) is 7.40. The van der Waals surface area contributed by atoms with Crippen LogP contribution in [0, 0.1) is 0 Å². The highest BCUT2D eigenvalue weighted by molar-refractivity contribution is 5.77. The first kappa shape index (κ1) is 7.50. The number of esters is 1. The van der Waals surface area contributed by atoms with Crippen molar-refractivity contribution < 1.29 is 9.53 Å². The van der Waals surface area contributed by atoms with E-state index < -0.39 is 0 Å². The number of carbonyl (C=O) groups excluding carboxylic acids is 1. The number of carbonyl (C=O) groups is 1. The molecule has 3 N–H and O–H groups in total. The van der Waals surface area contributed by atoms with Crippen LogP contribution in [-0.4, -0.2) is 31.7 Å². The first-order valence-electron chi connectivity index (χ1n) is 3.44. The topological polar surface area (TPSA) is 64.3 Å². The molecule has 0 saturated carbocycles. The fourth-order valence-corrected chi connectivity index (χ4v) is 0.939. The monoisotopic (exact) mass is 144 g/mol. The second-order valence-electron chi connectivity index (χ2n) is 2.25. The summed E-state index contributed by atoms with van der Waals surface area (Å²) >= 11 is 0. The molecule has 1 unspecified atom stereocenters. The van der Waals surface area contributed by atoms with Gasteiger partial charge in [-0.1, -0.05) is 0 Å². The molecule has 0 aromatic carbocycles. The highest BCUT2D eigenvalue weighted by atomic mass is 16.5. The molecule has 1 saturated heterocycles. The van der Waals surface area contributed by atoms with Crippen molar-refractivity contribution in [1.29, 1.82) is 0 Å². The zero-order valence-electron chi connectivity index (χ0n) is 5.80. The van der Waals surface area contributed by atoms with E-state index in [4.69, 9.17) is 10.5 Å². The van der Waals surface area contributed by atoms with Gasteiger partial charge in [0.2, 0.25) is 0 Å². The van der Waals surface area contributed by atoms with Crippen molar-refractivity contribution in [1.82, 2.24) is 5.32 Å². The molecule has 0 aliphatic carbocycles. The minimum atomic E-state index is -0.145. The quantitative estimate of drug-likeness (QED) is 0.491. The van der Waals surface area contributed by atoms with Gasteiger partial charge in [0.15, 0.2) is 0 Å². The van der Waals surface area contributed by atoms with Gasteiger partial charge in [0.05, 0.1) is 6.61 Å². The van der Waals surface area contributed by atoms with Crippen molar-refractivity contribution in [3.8, 4) is 0 Å². The highest BCUT2D eigenvalue weighted by Crippen LogP contribution is 2.04. The van der Waals surface area contributed by atoms with E-state index in [-0.39, 0.29) is 12.0 Å². The lowest BCUT2D eigenvalue weighted by atomic mass is 10.2. The Morgan fingerprint density at radius 2 is 2.60 bits per heavy atom. The standard InChI is InChI=1S/C6H12N2O2/c7-2-3-8-5-1-4-10-6(5)9/h5,8H,1-4,7H2. The number of cyclic esters (lactones) is 1. The largest absolute Gasteiger partial charge is 0.464 e. The Labute approximate surface area is 59.7 Å². The van der Waals surface area contributed by atoms with E-state index in [9.17, 15) is 4.79 Å². The Morgan fingerprint density at radius 1 is 1.80 bits per heavy atom. The minimum absolute atomic E-state index is 0.108. The second-order valence-corrected chi connectivity index (χ2v) is 2.25. The van der Waals surface area contributed by atoms with Gasteiger partial charge in [-0.3, -0.25) is 4.79 Å². The van der Waals surface area contributed by atoms with Crippen LogP contribution in [0.5, 0.6) is 0 Å². The van der Waals surface area contributed by atoms with Crippen molar-refractivity contribution in [3.05, 3.63) is 0 Å². The number of rotatable bonds is 3. The molecular weight excluding hydrogens is 132 g/mol. The van der Waals surface area contributed by atoms with Gasteiger partial charge < -0.3 is 15.8 Å². The van der Waals surface area contributed by atoms with Crippen LogP contribution in [0.1, 0.15) is 6.42 Å². The van der Waals surface area contributed by atoms with Crippen LogP contribution in [-0.2, 0) is 9.53 Å². The predicted molar refractivity (Wildman–Crippen MR) is 36.4 cm³/mol.